The molecule has 0 radical (unpaired) electrons. The highest BCUT2D eigenvalue weighted by Gasteiger charge is 2.20. The lowest BCUT2D eigenvalue weighted by atomic mass is 10.1. The number of esters is 1. The van der Waals surface area contributed by atoms with Crippen molar-refractivity contribution >= 4 is 11.9 Å². The number of carbonyl (C=O) groups is 2. The lowest BCUT2D eigenvalue weighted by molar-refractivity contribution is -0.140. The Morgan fingerprint density at radius 2 is 1.80 bits per heavy atom. The molecule has 0 unspecified atom stereocenters. The fourth-order valence-corrected chi connectivity index (χ4v) is 1.78. The van der Waals surface area contributed by atoms with Crippen LogP contribution in [0.1, 0.15) is 26.3 Å². The van der Waals surface area contributed by atoms with Crippen molar-refractivity contribution in [2.24, 2.45) is 0 Å². The Morgan fingerprint density at radius 3 is 2.35 bits per heavy atom. The Bertz CT molecular complexity index is 488. The molecule has 0 saturated heterocycles. The number of benzene rings is 1. The fourth-order valence-electron chi connectivity index (χ4n) is 1.78. The molecule has 1 amide bonds. The van der Waals surface area contributed by atoms with E-state index in [0.29, 0.717) is 12.1 Å². The molecule has 0 bridgehead atoms. The van der Waals surface area contributed by atoms with Crippen LogP contribution in [0, 0.1) is 0 Å². The van der Waals surface area contributed by atoms with Gasteiger partial charge in [0.15, 0.2) is 0 Å². The van der Waals surface area contributed by atoms with Gasteiger partial charge in [0.05, 0.1) is 6.61 Å². The molecule has 108 valence electrons. The van der Waals surface area contributed by atoms with Crippen molar-refractivity contribution in [2.45, 2.75) is 27.2 Å². The molecule has 0 saturated carbocycles. The highest BCUT2D eigenvalue weighted by Crippen LogP contribution is 2.06. The molecule has 0 aromatic heterocycles. The maximum atomic E-state index is 12.0. The van der Waals surface area contributed by atoms with Gasteiger partial charge >= 0.3 is 5.97 Å². The highest BCUT2D eigenvalue weighted by atomic mass is 16.5. The van der Waals surface area contributed by atoms with Crippen molar-refractivity contribution in [3.63, 3.8) is 0 Å². The van der Waals surface area contributed by atoms with E-state index in [-0.39, 0.29) is 18.1 Å². The van der Waals surface area contributed by atoms with Gasteiger partial charge in [0.25, 0.3) is 5.91 Å². The SMILES string of the molecule is CCOC(=O)C(C(=O)NCCc1ccccc1)=C(C)C. The summed E-state index contributed by atoms with van der Waals surface area (Å²) in [5, 5.41) is 2.75. The molecule has 1 N–H and O–H groups in total. The van der Waals surface area contributed by atoms with Crippen molar-refractivity contribution in [1.29, 1.82) is 0 Å². The predicted molar refractivity (Wildman–Crippen MR) is 78.2 cm³/mol. The summed E-state index contributed by atoms with van der Waals surface area (Å²) in [6.45, 7) is 5.91. The quantitative estimate of drug-likeness (QED) is 0.375. The zero-order chi connectivity index (χ0) is 15.0. The van der Waals surface area contributed by atoms with E-state index in [1.165, 1.54) is 0 Å². The van der Waals surface area contributed by atoms with Crippen LogP contribution in [0.15, 0.2) is 41.5 Å². The molecular weight excluding hydrogens is 254 g/mol. The molecule has 0 aliphatic rings. The first kappa shape index (κ1) is 16.0. The minimum atomic E-state index is -0.565. The lowest BCUT2D eigenvalue weighted by Crippen LogP contribution is -2.31. The van der Waals surface area contributed by atoms with Crippen molar-refractivity contribution in [3.05, 3.63) is 47.0 Å². The Balaban J connectivity index is 2.56. The maximum Gasteiger partial charge on any atom is 0.343 e. The van der Waals surface area contributed by atoms with Crippen LogP contribution in [0.25, 0.3) is 0 Å². The molecular formula is C16H21NO3. The summed E-state index contributed by atoms with van der Waals surface area (Å²) in [5.74, 6) is -0.941. The smallest absolute Gasteiger partial charge is 0.343 e. The number of rotatable bonds is 6. The predicted octanol–water partition coefficient (Wildman–Crippen LogP) is 2.24. The summed E-state index contributed by atoms with van der Waals surface area (Å²) in [7, 11) is 0. The molecule has 4 heteroatoms. The molecule has 0 atom stereocenters. The number of nitrogens with one attached hydrogen (secondary N) is 1. The molecule has 1 aromatic rings. The standard InChI is InChI=1S/C16H21NO3/c1-4-20-16(19)14(12(2)3)15(18)17-11-10-13-8-6-5-7-9-13/h5-9H,4,10-11H2,1-3H3,(H,17,18). The molecule has 1 aromatic carbocycles. The average molecular weight is 275 g/mol. The summed E-state index contributed by atoms with van der Waals surface area (Å²) in [4.78, 5) is 23.7. The van der Waals surface area contributed by atoms with Crippen LogP contribution in [-0.2, 0) is 20.7 Å². The van der Waals surface area contributed by atoms with Gasteiger partial charge in [-0.05, 0) is 32.8 Å². The third-order valence-electron chi connectivity index (χ3n) is 2.75. The van der Waals surface area contributed by atoms with Gasteiger partial charge < -0.3 is 10.1 Å². The van der Waals surface area contributed by atoms with Gasteiger partial charge in [-0.25, -0.2) is 4.79 Å². The Hall–Kier alpha value is -2.10. The third kappa shape index (κ3) is 4.88. The van der Waals surface area contributed by atoms with Gasteiger partial charge in [-0.3, -0.25) is 4.79 Å². The molecule has 0 aliphatic carbocycles. The first-order valence-corrected chi connectivity index (χ1v) is 6.73. The number of allylic oxidation sites excluding steroid dienone is 1. The van der Waals surface area contributed by atoms with Crippen LogP contribution in [0.5, 0.6) is 0 Å². The minimum absolute atomic E-state index is 0.0971. The molecule has 20 heavy (non-hydrogen) atoms. The third-order valence-corrected chi connectivity index (χ3v) is 2.75. The Kier molecular flexibility index (Phi) is 6.50. The minimum Gasteiger partial charge on any atom is -0.462 e. The van der Waals surface area contributed by atoms with Gasteiger partial charge in [0, 0.05) is 6.54 Å². The maximum absolute atomic E-state index is 12.0. The van der Waals surface area contributed by atoms with Crippen LogP contribution < -0.4 is 5.32 Å². The van der Waals surface area contributed by atoms with E-state index in [0.717, 1.165) is 12.0 Å². The van der Waals surface area contributed by atoms with E-state index >= 15 is 0 Å². The van der Waals surface area contributed by atoms with E-state index in [9.17, 15) is 9.59 Å². The summed E-state index contributed by atoms with van der Waals surface area (Å²) in [6.07, 6.45) is 0.728. The largest absolute Gasteiger partial charge is 0.462 e. The van der Waals surface area contributed by atoms with Crippen molar-refractivity contribution < 1.29 is 14.3 Å². The average Bonchev–Trinajstić information content (AvgIpc) is 2.40. The zero-order valence-corrected chi connectivity index (χ0v) is 12.2. The van der Waals surface area contributed by atoms with Gasteiger partial charge in [0.2, 0.25) is 0 Å². The van der Waals surface area contributed by atoms with E-state index in [1.54, 1.807) is 20.8 Å². The second kappa shape index (κ2) is 8.15. The van der Waals surface area contributed by atoms with Gasteiger partial charge in [-0.15, -0.1) is 0 Å². The second-order valence-corrected chi connectivity index (χ2v) is 4.59. The van der Waals surface area contributed by atoms with Crippen LogP contribution in [-0.4, -0.2) is 25.0 Å². The summed E-state index contributed by atoms with van der Waals surface area (Å²) >= 11 is 0. The molecule has 4 nitrogen and oxygen atoms in total. The van der Waals surface area contributed by atoms with Crippen molar-refractivity contribution in [3.8, 4) is 0 Å². The fraction of sp³-hybridized carbons (Fsp3) is 0.375. The first-order chi connectivity index (χ1) is 9.56. The number of amides is 1. The van der Waals surface area contributed by atoms with E-state index in [1.807, 2.05) is 30.3 Å². The van der Waals surface area contributed by atoms with Crippen LogP contribution in [0.3, 0.4) is 0 Å². The lowest BCUT2D eigenvalue weighted by Gasteiger charge is -2.10. The normalized spacial score (nSPS) is 9.75. The second-order valence-electron chi connectivity index (χ2n) is 4.59. The Morgan fingerprint density at radius 1 is 1.15 bits per heavy atom. The number of ether oxygens (including phenoxy) is 1. The molecule has 0 heterocycles. The number of carbonyl (C=O) groups excluding carboxylic acids is 2. The molecule has 0 aliphatic heterocycles. The Labute approximate surface area is 119 Å². The van der Waals surface area contributed by atoms with E-state index in [4.69, 9.17) is 4.74 Å². The molecule has 0 spiro atoms. The first-order valence-electron chi connectivity index (χ1n) is 6.73. The van der Waals surface area contributed by atoms with Gasteiger partial charge in [-0.2, -0.15) is 0 Å². The van der Waals surface area contributed by atoms with Crippen LogP contribution in [0.4, 0.5) is 0 Å². The van der Waals surface area contributed by atoms with E-state index < -0.39 is 5.97 Å². The number of hydrogen-bond acceptors (Lipinski definition) is 3. The van der Waals surface area contributed by atoms with Crippen molar-refractivity contribution in [2.75, 3.05) is 13.2 Å². The van der Waals surface area contributed by atoms with Gasteiger partial charge in [0.1, 0.15) is 5.57 Å². The van der Waals surface area contributed by atoms with E-state index in [2.05, 4.69) is 5.32 Å². The molecule has 1 rings (SSSR count). The highest BCUT2D eigenvalue weighted by molar-refractivity contribution is 6.16. The van der Waals surface area contributed by atoms with Crippen LogP contribution in [0.2, 0.25) is 0 Å². The number of hydrogen-bond donors (Lipinski definition) is 1. The summed E-state index contributed by atoms with van der Waals surface area (Å²) < 4.78 is 4.89. The summed E-state index contributed by atoms with van der Waals surface area (Å²) in [6, 6.07) is 9.86. The monoisotopic (exact) mass is 275 g/mol. The van der Waals surface area contributed by atoms with Crippen molar-refractivity contribution in [1.82, 2.24) is 5.32 Å². The summed E-state index contributed by atoms with van der Waals surface area (Å²) in [5.41, 5.74) is 1.89. The topological polar surface area (TPSA) is 55.4 Å². The molecule has 0 fully saturated rings. The van der Waals surface area contributed by atoms with Crippen LogP contribution >= 0.6 is 0 Å². The van der Waals surface area contributed by atoms with Gasteiger partial charge in [-0.1, -0.05) is 35.9 Å². The zero-order valence-electron chi connectivity index (χ0n) is 12.2.